The summed E-state index contributed by atoms with van der Waals surface area (Å²) in [6, 6.07) is 15.7. The SMILES string of the molecule is COc1cc(C(=O)NC(C)c2ccc(O)cc2)nc2ccccc12. The van der Waals surface area contributed by atoms with Crippen molar-refractivity contribution in [3.63, 3.8) is 0 Å². The number of carbonyl (C=O) groups excluding carboxylic acids is 1. The van der Waals surface area contributed by atoms with Gasteiger partial charge >= 0.3 is 0 Å². The molecule has 1 heterocycles. The lowest BCUT2D eigenvalue weighted by Crippen LogP contribution is -2.27. The van der Waals surface area contributed by atoms with Gasteiger partial charge in [-0.25, -0.2) is 4.98 Å². The Labute approximate surface area is 139 Å². The number of phenols is 1. The summed E-state index contributed by atoms with van der Waals surface area (Å²) in [6.45, 7) is 1.88. The highest BCUT2D eigenvalue weighted by atomic mass is 16.5. The molecule has 0 fully saturated rings. The number of aromatic hydroxyl groups is 1. The average Bonchev–Trinajstić information content (AvgIpc) is 2.61. The summed E-state index contributed by atoms with van der Waals surface area (Å²) < 4.78 is 5.37. The Kier molecular flexibility index (Phi) is 4.33. The number of carbonyl (C=O) groups is 1. The number of nitrogens with zero attached hydrogens (tertiary/aromatic N) is 1. The van der Waals surface area contributed by atoms with Crippen LogP contribution >= 0.6 is 0 Å². The van der Waals surface area contributed by atoms with Gasteiger partial charge < -0.3 is 15.2 Å². The molecule has 1 aromatic heterocycles. The largest absolute Gasteiger partial charge is 0.508 e. The maximum Gasteiger partial charge on any atom is 0.270 e. The minimum atomic E-state index is -0.278. The second kappa shape index (κ2) is 6.58. The van der Waals surface area contributed by atoms with E-state index in [1.807, 2.05) is 31.2 Å². The van der Waals surface area contributed by atoms with Crippen LogP contribution in [0.1, 0.15) is 29.0 Å². The zero-order chi connectivity index (χ0) is 17.1. The van der Waals surface area contributed by atoms with Crippen molar-refractivity contribution in [1.29, 1.82) is 0 Å². The van der Waals surface area contributed by atoms with E-state index in [-0.39, 0.29) is 17.7 Å². The second-order valence-electron chi connectivity index (χ2n) is 5.51. The van der Waals surface area contributed by atoms with Crippen LogP contribution in [-0.4, -0.2) is 23.1 Å². The average molecular weight is 322 g/mol. The van der Waals surface area contributed by atoms with E-state index in [1.165, 1.54) is 0 Å². The Balaban J connectivity index is 1.87. The van der Waals surface area contributed by atoms with E-state index in [2.05, 4.69) is 10.3 Å². The first kappa shape index (κ1) is 15.8. The maximum absolute atomic E-state index is 12.5. The number of methoxy groups -OCH3 is 1. The number of ether oxygens (including phenoxy) is 1. The van der Waals surface area contributed by atoms with E-state index >= 15 is 0 Å². The first-order chi connectivity index (χ1) is 11.6. The van der Waals surface area contributed by atoms with Gasteiger partial charge in [-0.05, 0) is 36.8 Å². The highest BCUT2D eigenvalue weighted by molar-refractivity contribution is 5.97. The van der Waals surface area contributed by atoms with Crippen molar-refractivity contribution in [3.8, 4) is 11.5 Å². The minimum absolute atomic E-state index is 0.193. The molecule has 0 aliphatic heterocycles. The van der Waals surface area contributed by atoms with Crippen LogP contribution < -0.4 is 10.1 Å². The van der Waals surface area contributed by atoms with Gasteiger partial charge in [0.2, 0.25) is 0 Å². The van der Waals surface area contributed by atoms with Gasteiger partial charge in [-0.15, -0.1) is 0 Å². The van der Waals surface area contributed by atoms with Crippen molar-refractivity contribution in [2.45, 2.75) is 13.0 Å². The number of aromatic nitrogens is 1. The second-order valence-corrected chi connectivity index (χ2v) is 5.51. The molecule has 3 rings (SSSR count). The number of nitrogens with one attached hydrogen (secondary N) is 1. The summed E-state index contributed by atoms with van der Waals surface area (Å²) >= 11 is 0. The predicted octanol–water partition coefficient (Wildman–Crippen LogP) is 3.44. The molecular formula is C19H18N2O3. The molecule has 2 aromatic carbocycles. The smallest absolute Gasteiger partial charge is 0.270 e. The number of phenolic OH excluding ortho intramolecular Hbond substituents is 1. The minimum Gasteiger partial charge on any atom is -0.508 e. The topological polar surface area (TPSA) is 71.5 Å². The number of hydrogen-bond donors (Lipinski definition) is 2. The van der Waals surface area contributed by atoms with Crippen LogP contribution in [0.2, 0.25) is 0 Å². The van der Waals surface area contributed by atoms with Crippen LogP contribution in [0.5, 0.6) is 11.5 Å². The molecule has 122 valence electrons. The monoisotopic (exact) mass is 322 g/mol. The fourth-order valence-electron chi connectivity index (χ4n) is 2.55. The van der Waals surface area contributed by atoms with Gasteiger partial charge in [0.1, 0.15) is 17.2 Å². The van der Waals surface area contributed by atoms with E-state index in [9.17, 15) is 9.90 Å². The lowest BCUT2D eigenvalue weighted by atomic mass is 10.1. The molecule has 0 aliphatic rings. The molecule has 0 spiro atoms. The molecular weight excluding hydrogens is 304 g/mol. The maximum atomic E-state index is 12.5. The summed E-state index contributed by atoms with van der Waals surface area (Å²) in [4.78, 5) is 16.9. The highest BCUT2D eigenvalue weighted by Gasteiger charge is 2.15. The third kappa shape index (κ3) is 3.15. The molecule has 0 saturated carbocycles. The Morgan fingerprint density at radius 2 is 1.88 bits per heavy atom. The molecule has 0 aliphatic carbocycles. The number of pyridine rings is 1. The first-order valence-corrected chi connectivity index (χ1v) is 7.62. The van der Waals surface area contributed by atoms with Crippen LogP contribution in [0.15, 0.2) is 54.6 Å². The number of hydrogen-bond acceptors (Lipinski definition) is 4. The van der Waals surface area contributed by atoms with E-state index in [4.69, 9.17) is 4.74 Å². The molecule has 1 atom stereocenters. The van der Waals surface area contributed by atoms with Gasteiger partial charge in [-0.1, -0.05) is 24.3 Å². The fraction of sp³-hybridized carbons (Fsp3) is 0.158. The van der Waals surface area contributed by atoms with Gasteiger partial charge in [0.15, 0.2) is 0 Å². The molecule has 0 saturated heterocycles. The molecule has 5 nitrogen and oxygen atoms in total. The van der Waals surface area contributed by atoms with Crippen molar-refractivity contribution in [3.05, 3.63) is 65.9 Å². The van der Waals surface area contributed by atoms with Crippen molar-refractivity contribution in [2.75, 3.05) is 7.11 Å². The van der Waals surface area contributed by atoms with Crippen LogP contribution in [-0.2, 0) is 0 Å². The molecule has 1 unspecified atom stereocenters. The summed E-state index contributed by atoms with van der Waals surface area (Å²) in [5.41, 5.74) is 1.91. The van der Waals surface area contributed by atoms with Crippen LogP contribution in [0.4, 0.5) is 0 Å². The first-order valence-electron chi connectivity index (χ1n) is 7.62. The Morgan fingerprint density at radius 3 is 2.58 bits per heavy atom. The summed E-state index contributed by atoms with van der Waals surface area (Å²) in [5, 5.41) is 13.1. The third-order valence-electron chi connectivity index (χ3n) is 3.87. The molecule has 0 bridgehead atoms. The van der Waals surface area contributed by atoms with Crippen LogP contribution in [0, 0.1) is 0 Å². The highest BCUT2D eigenvalue weighted by Crippen LogP contribution is 2.25. The molecule has 0 radical (unpaired) electrons. The van der Waals surface area contributed by atoms with Crippen LogP contribution in [0.25, 0.3) is 10.9 Å². The summed E-state index contributed by atoms with van der Waals surface area (Å²) in [7, 11) is 1.57. The van der Waals surface area contributed by atoms with Crippen molar-refractivity contribution in [2.24, 2.45) is 0 Å². The fourth-order valence-corrected chi connectivity index (χ4v) is 2.55. The lowest BCUT2D eigenvalue weighted by Gasteiger charge is -2.15. The third-order valence-corrected chi connectivity index (χ3v) is 3.87. The molecule has 24 heavy (non-hydrogen) atoms. The van der Waals surface area contributed by atoms with Gasteiger partial charge in [-0.3, -0.25) is 4.79 Å². The standard InChI is InChI=1S/C19H18N2O3/c1-12(13-7-9-14(22)10-8-13)20-19(23)17-11-18(24-2)15-5-3-4-6-16(15)21-17/h3-12,22H,1-2H3,(H,20,23). The molecule has 3 aromatic rings. The van der Waals surface area contributed by atoms with Crippen molar-refractivity contribution < 1.29 is 14.6 Å². The summed E-state index contributed by atoms with van der Waals surface area (Å²) in [5.74, 6) is 0.529. The number of rotatable bonds is 4. The zero-order valence-corrected chi connectivity index (χ0v) is 13.5. The predicted molar refractivity (Wildman–Crippen MR) is 92.3 cm³/mol. The number of amides is 1. The van der Waals surface area contributed by atoms with E-state index in [0.717, 1.165) is 10.9 Å². The van der Waals surface area contributed by atoms with Gasteiger partial charge in [0.05, 0.1) is 18.7 Å². The number of fused-ring (bicyclic) bond motifs is 1. The Bertz CT molecular complexity index is 875. The van der Waals surface area contributed by atoms with E-state index < -0.39 is 0 Å². The number of benzene rings is 2. The van der Waals surface area contributed by atoms with Gasteiger partial charge in [0.25, 0.3) is 5.91 Å². The van der Waals surface area contributed by atoms with E-state index in [1.54, 1.807) is 37.4 Å². The quantitative estimate of drug-likeness (QED) is 0.772. The van der Waals surface area contributed by atoms with Crippen molar-refractivity contribution in [1.82, 2.24) is 10.3 Å². The molecule has 5 heteroatoms. The molecule has 1 amide bonds. The van der Waals surface area contributed by atoms with Crippen molar-refractivity contribution >= 4 is 16.8 Å². The zero-order valence-electron chi connectivity index (χ0n) is 13.5. The lowest BCUT2D eigenvalue weighted by molar-refractivity contribution is 0.0935. The Morgan fingerprint density at radius 1 is 1.17 bits per heavy atom. The molecule has 2 N–H and O–H groups in total. The normalized spacial score (nSPS) is 11.9. The Hall–Kier alpha value is -3.08. The van der Waals surface area contributed by atoms with Crippen LogP contribution in [0.3, 0.4) is 0 Å². The van der Waals surface area contributed by atoms with Gasteiger partial charge in [-0.2, -0.15) is 0 Å². The summed E-state index contributed by atoms with van der Waals surface area (Å²) in [6.07, 6.45) is 0. The van der Waals surface area contributed by atoms with E-state index in [0.29, 0.717) is 17.0 Å². The van der Waals surface area contributed by atoms with Gasteiger partial charge in [0, 0.05) is 11.5 Å². The number of para-hydroxylation sites is 1.